The second-order valence-electron chi connectivity index (χ2n) is 16.9. The average molecular weight is 843 g/mol. The van der Waals surface area contributed by atoms with Gasteiger partial charge in [-0.05, 0) is 51.4 Å². The minimum atomic E-state index is -1.86. The summed E-state index contributed by atoms with van der Waals surface area (Å²) < 4.78 is 13.7. The highest BCUT2D eigenvalue weighted by atomic mass is 79.9. The van der Waals surface area contributed by atoms with Gasteiger partial charge in [0.2, 0.25) is 0 Å². The number of aliphatic hydroxyl groups is 4. The molecule has 4 rings (SSSR count). The van der Waals surface area contributed by atoms with E-state index in [1.165, 1.54) is 113 Å². The zero-order chi connectivity index (χ0) is 35.3. The summed E-state index contributed by atoms with van der Waals surface area (Å²) in [4.78, 5) is 25.6. The summed E-state index contributed by atoms with van der Waals surface area (Å²) in [5, 5.41) is 41.8. The number of unbranched alkanes of at least 4 members (excludes halogenated alkanes) is 5. The van der Waals surface area contributed by atoms with Crippen molar-refractivity contribution in [1.29, 1.82) is 0 Å². The molecule has 4 fully saturated rings. The number of carbonyl (C=O) groups excluding carboxylic acids is 2. The molecule has 0 bridgehead atoms. The molecule has 0 aromatic rings. The van der Waals surface area contributed by atoms with Gasteiger partial charge in [0.1, 0.15) is 13.2 Å². The first-order valence-electron chi connectivity index (χ1n) is 19.5. The van der Waals surface area contributed by atoms with Crippen LogP contribution in [0.15, 0.2) is 0 Å². The van der Waals surface area contributed by atoms with Crippen LogP contribution in [0.4, 0.5) is 0 Å². The first-order valence-corrected chi connectivity index (χ1v) is 19.5. The maximum atomic E-state index is 12.8. The van der Waals surface area contributed by atoms with Crippen LogP contribution in [0.1, 0.15) is 119 Å². The Hall–Kier alpha value is -0.340. The van der Waals surface area contributed by atoms with E-state index in [4.69, 9.17) is 9.47 Å². The van der Waals surface area contributed by atoms with E-state index < -0.39 is 47.2 Å². The molecule has 50 heavy (non-hydrogen) atoms. The Morgan fingerprint density at radius 1 is 0.600 bits per heavy atom. The number of rotatable bonds is 19. The van der Waals surface area contributed by atoms with Crippen molar-refractivity contribution in [3.63, 3.8) is 0 Å². The third-order valence-corrected chi connectivity index (χ3v) is 13.6. The summed E-state index contributed by atoms with van der Waals surface area (Å²) in [6.07, 6.45) is 12.1. The van der Waals surface area contributed by atoms with E-state index in [0.29, 0.717) is 37.1 Å². The van der Waals surface area contributed by atoms with Crippen molar-refractivity contribution in [2.75, 3.05) is 52.5 Å². The minimum absolute atomic E-state index is 0. The van der Waals surface area contributed by atoms with Gasteiger partial charge in [-0.15, -0.1) is 0 Å². The van der Waals surface area contributed by atoms with E-state index in [2.05, 4.69) is 0 Å². The highest BCUT2D eigenvalue weighted by Crippen LogP contribution is 2.42. The van der Waals surface area contributed by atoms with Gasteiger partial charge in [-0.1, -0.05) is 40.5 Å². The molecule has 4 heterocycles. The van der Waals surface area contributed by atoms with Gasteiger partial charge in [0.15, 0.2) is 11.2 Å². The molecule has 0 aromatic heterocycles. The molecule has 0 saturated carbocycles. The second-order valence-corrected chi connectivity index (χ2v) is 16.9. The Morgan fingerprint density at radius 2 is 0.940 bits per heavy atom. The molecule has 0 spiro atoms. The number of carbonyl (C=O) groups is 2. The smallest absolute Gasteiger partial charge is 0.341 e. The molecule has 0 amide bonds. The molecular formula is C38H70Br2N2O8. The highest BCUT2D eigenvalue weighted by Gasteiger charge is 2.54. The maximum absolute atomic E-state index is 12.8. The fourth-order valence-electron chi connectivity index (χ4n) is 10.4. The van der Waals surface area contributed by atoms with Gasteiger partial charge >= 0.3 is 11.9 Å². The monoisotopic (exact) mass is 840 g/mol. The Labute approximate surface area is 323 Å². The summed E-state index contributed by atoms with van der Waals surface area (Å²) in [5.41, 5.74) is -3.73. The van der Waals surface area contributed by atoms with Crippen LogP contribution in [0.5, 0.6) is 0 Å². The molecule has 12 heteroatoms. The van der Waals surface area contributed by atoms with Gasteiger partial charge in [0.25, 0.3) is 0 Å². The van der Waals surface area contributed by atoms with E-state index in [1.807, 2.05) is 0 Å². The molecular weight excluding hydrogens is 772 g/mol. The molecule has 294 valence electrons. The maximum Gasteiger partial charge on any atom is 0.341 e. The van der Waals surface area contributed by atoms with Crippen molar-refractivity contribution in [1.82, 2.24) is 0 Å². The zero-order valence-electron chi connectivity index (χ0n) is 31.8. The van der Waals surface area contributed by atoms with E-state index in [9.17, 15) is 30.0 Å². The molecule has 4 aliphatic heterocycles. The Bertz CT molecular complexity index is 979. The molecule has 0 aliphatic carbocycles. The first kappa shape index (κ1) is 45.8. The fourth-order valence-corrected chi connectivity index (χ4v) is 10.4. The van der Waals surface area contributed by atoms with Gasteiger partial charge in [-0.25, -0.2) is 9.59 Å². The van der Waals surface area contributed by atoms with Gasteiger partial charge in [-0.3, -0.25) is 0 Å². The van der Waals surface area contributed by atoms with Crippen LogP contribution in [0, 0.1) is 23.7 Å². The SMILES string of the molecule is CC(C)C(O)(C(=O)OCC1CC[N+]2(CCCCCCCC[N+]34CCCC3C(COC(=O)C(O)(C(C)C)C(C)O)CC4)CCCC12)C(C)O.[Br-].[Br-]. The topological polar surface area (TPSA) is 134 Å². The lowest BCUT2D eigenvalue weighted by atomic mass is 9.85. The second kappa shape index (κ2) is 19.3. The number of quaternary nitrogens is 2. The largest absolute Gasteiger partial charge is 1.00 e. The van der Waals surface area contributed by atoms with Crippen LogP contribution in [0.3, 0.4) is 0 Å². The molecule has 10 atom stereocenters. The van der Waals surface area contributed by atoms with Crippen molar-refractivity contribution in [2.24, 2.45) is 23.7 Å². The average Bonchev–Trinajstić information content (AvgIpc) is 3.79. The molecule has 4 aliphatic rings. The number of halogens is 2. The van der Waals surface area contributed by atoms with Crippen molar-refractivity contribution in [3.8, 4) is 0 Å². The summed E-state index contributed by atoms with van der Waals surface area (Å²) in [7, 11) is 0. The molecule has 10 nitrogen and oxygen atoms in total. The summed E-state index contributed by atoms with van der Waals surface area (Å²) in [6.45, 7) is 17.7. The molecule has 4 saturated heterocycles. The lowest BCUT2D eigenvalue weighted by molar-refractivity contribution is -0.929. The molecule has 4 N–H and O–H groups in total. The van der Waals surface area contributed by atoms with Crippen molar-refractivity contribution >= 4 is 11.9 Å². The van der Waals surface area contributed by atoms with E-state index in [-0.39, 0.29) is 34.0 Å². The number of aliphatic hydroxyl groups excluding tert-OH is 2. The van der Waals surface area contributed by atoms with Crippen molar-refractivity contribution in [2.45, 2.75) is 154 Å². The Kier molecular flexibility index (Phi) is 17.7. The minimum Gasteiger partial charge on any atom is -1.00 e. The summed E-state index contributed by atoms with van der Waals surface area (Å²) >= 11 is 0. The third-order valence-electron chi connectivity index (χ3n) is 13.6. The van der Waals surface area contributed by atoms with Crippen molar-refractivity contribution in [3.05, 3.63) is 0 Å². The van der Waals surface area contributed by atoms with Crippen LogP contribution in [-0.4, -0.2) is 129 Å². The lowest BCUT2D eigenvalue weighted by Gasteiger charge is -2.37. The van der Waals surface area contributed by atoms with Crippen LogP contribution in [-0.2, 0) is 19.1 Å². The first-order chi connectivity index (χ1) is 22.6. The standard InChI is InChI=1S/C38H70N2O8.2BrH/c1-27(2)37(45,29(5)41)35(43)47-25-31-17-23-39(21-13-15-33(31)39)19-11-9-7-8-10-12-20-40-22-14-16-34(40)32(18-24-40)26-48-36(44)38(46,28(3)4)30(6)42;;/h27-34,41-42,45-46H,7-26H2,1-6H3;2*1H/q+2;;/p-2. The fraction of sp³-hybridized carbons (Fsp3) is 0.947. The van der Waals surface area contributed by atoms with Crippen LogP contribution < -0.4 is 34.0 Å². The molecule has 0 radical (unpaired) electrons. The lowest BCUT2D eigenvalue weighted by Crippen LogP contribution is -3.00. The Morgan fingerprint density at radius 3 is 1.26 bits per heavy atom. The van der Waals surface area contributed by atoms with E-state index in [0.717, 1.165) is 25.9 Å². The summed E-state index contributed by atoms with van der Waals surface area (Å²) in [6, 6.07) is 1.07. The number of hydrogen-bond donors (Lipinski definition) is 4. The van der Waals surface area contributed by atoms with E-state index in [1.54, 1.807) is 27.7 Å². The normalized spacial score (nSPS) is 32.3. The molecule has 0 aromatic carbocycles. The van der Waals surface area contributed by atoms with Gasteiger partial charge in [0, 0.05) is 38.5 Å². The third kappa shape index (κ3) is 9.47. The van der Waals surface area contributed by atoms with Gasteiger partial charge in [0.05, 0.1) is 75.4 Å². The molecule has 10 unspecified atom stereocenters. The predicted molar refractivity (Wildman–Crippen MR) is 185 cm³/mol. The van der Waals surface area contributed by atoms with E-state index >= 15 is 0 Å². The van der Waals surface area contributed by atoms with Gasteiger partial charge < -0.3 is 72.8 Å². The number of hydrogen-bond acceptors (Lipinski definition) is 8. The van der Waals surface area contributed by atoms with Crippen molar-refractivity contribution < 1.29 is 82.4 Å². The predicted octanol–water partition coefficient (Wildman–Crippen LogP) is -2.04. The Balaban J connectivity index is 0.00000433. The number of nitrogens with zero attached hydrogens (tertiary/aromatic N) is 2. The summed E-state index contributed by atoms with van der Waals surface area (Å²) in [5.74, 6) is -1.59. The quantitative estimate of drug-likeness (QED) is 0.0665. The highest BCUT2D eigenvalue weighted by molar-refractivity contribution is 5.81. The zero-order valence-corrected chi connectivity index (χ0v) is 35.0. The van der Waals surface area contributed by atoms with Crippen LogP contribution >= 0.6 is 0 Å². The number of ether oxygens (including phenoxy) is 2. The van der Waals surface area contributed by atoms with Crippen LogP contribution in [0.25, 0.3) is 0 Å². The number of esters is 2. The number of fused-ring (bicyclic) bond motifs is 2. The van der Waals surface area contributed by atoms with Crippen LogP contribution in [0.2, 0.25) is 0 Å². The van der Waals surface area contributed by atoms with Gasteiger partial charge in [-0.2, -0.15) is 0 Å².